The van der Waals surface area contributed by atoms with Crippen molar-refractivity contribution in [1.82, 2.24) is 0 Å². The molecule has 0 atom stereocenters. The van der Waals surface area contributed by atoms with Gasteiger partial charge in [-0.3, -0.25) is 9.59 Å². The molecule has 0 amide bonds. The van der Waals surface area contributed by atoms with E-state index in [2.05, 4.69) is 50.7 Å². The van der Waals surface area contributed by atoms with Crippen molar-refractivity contribution in [2.75, 3.05) is 0 Å². The van der Waals surface area contributed by atoms with Crippen LogP contribution in [0, 0.1) is 5.41 Å². The molecule has 1 N–H and O–H groups in total. The van der Waals surface area contributed by atoms with Crippen molar-refractivity contribution >= 4 is 18.2 Å². The molecule has 1 aromatic carbocycles. The van der Waals surface area contributed by atoms with Gasteiger partial charge in [0.1, 0.15) is 17.6 Å². The molecule has 0 heterocycles. The third-order valence-electron chi connectivity index (χ3n) is 5.46. The number of benzene rings is 1. The number of hydrogen-bond acceptors (Lipinski definition) is 5. The fraction of sp³-hybridized carbons (Fsp3) is 0.345. The molecule has 1 aromatic rings. The molecule has 0 aliphatic heterocycles. The van der Waals surface area contributed by atoms with Crippen LogP contribution in [0.25, 0.3) is 0 Å². The number of ether oxygens (including phenoxy) is 1. The number of para-hydroxylation sites is 1. The van der Waals surface area contributed by atoms with Crippen molar-refractivity contribution in [3.05, 3.63) is 88.6 Å². The molecule has 0 saturated heterocycles. The van der Waals surface area contributed by atoms with Crippen molar-refractivity contribution in [3.63, 3.8) is 0 Å². The summed E-state index contributed by atoms with van der Waals surface area (Å²) >= 11 is 0. The van der Waals surface area contributed by atoms with Crippen molar-refractivity contribution in [1.29, 1.82) is 0 Å². The maximum Gasteiger partial charge on any atom is 0.349 e. The van der Waals surface area contributed by atoms with E-state index in [1.807, 2.05) is 19.1 Å². The van der Waals surface area contributed by atoms with Crippen LogP contribution >= 0.6 is 0 Å². The van der Waals surface area contributed by atoms with Crippen LogP contribution in [0.2, 0.25) is 0 Å². The predicted molar refractivity (Wildman–Crippen MR) is 136 cm³/mol. The summed E-state index contributed by atoms with van der Waals surface area (Å²) in [4.78, 5) is 31.8. The molecular formula is C29H36O5. The molecule has 34 heavy (non-hydrogen) atoms. The Hall–Kier alpha value is -3.47. The third kappa shape index (κ3) is 9.99. The second-order valence-corrected chi connectivity index (χ2v) is 8.98. The third-order valence-corrected chi connectivity index (χ3v) is 5.46. The highest BCUT2D eigenvalue weighted by molar-refractivity contribution is 5.98. The topological polar surface area (TPSA) is 80.7 Å². The van der Waals surface area contributed by atoms with Crippen molar-refractivity contribution in [2.24, 2.45) is 5.41 Å². The molecule has 0 spiro atoms. The van der Waals surface area contributed by atoms with E-state index in [-0.39, 0.29) is 16.7 Å². The first-order chi connectivity index (χ1) is 16.0. The first-order valence-electron chi connectivity index (χ1n) is 11.3. The number of carbonyl (C=O) groups excluding carboxylic acids is 3. The molecule has 5 heteroatoms. The number of aldehydes is 1. The second-order valence-electron chi connectivity index (χ2n) is 8.98. The Balaban J connectivity index is 0.000000380. The van der Waals surface area contributed by atoms with E-state index in [4.69, 9.17) is 0 Å². The average molecular weight is 465 g/mol. The summed E-state index contributed by atoms with van der Waals surface area (Å²) in [7, 11) is 0. The fourth-order valence-corrected chi connectivity index (χ4v) is 3.63. The Morgan fingerprint density at radius 3 is 2.26 bits per heavy atom. The minimum atomic E-state index is -0.842. The normalized spacial score (nSPS) is 16.3. The SMILES string of the molecule is CC(=O)OC(=O)c1ccccc1O.CC(C=CC=C(C)C=CC1=C(C)CCCC1(C)C)=CC=O. The van der Waals surface area contributed by atoms with Crippen molar-refractivity contribution < 1.29 is 24.2 Å². The van der Waals surface area contributed by atoms with Gasteiger partial charge in [-0.05, 0) is 74.8 Å². The molecule has 0 aromatic heterocycles. The smallest absolute Gasteiger partial charge is 0.349 e. The van der Waals surface area contributed by atoms with Gasteiger partial charge in [-0.15, -0.1) is 0 Å². The highest BCUT2D eigenvalue weighted by Gasteiger charge is 2.26. The van der Waals surface area contributed by atoms with Gasteiger partial charge in [0.25, 0.3) is 0 Å². The van der Waals surface area contributed by atoms with Crippen molar-refractivity contribution in [2.45, 2.75) is 60.8 Å². The van der Waals surface area contributed by atoms with E-state index in [0.717, 1.165) is 18.8 Å². The van der Waals surface area contributed by atoms with Gasteiger partial charge in [0, 0.05) is 6.92 Å². The van der Waals surface area contributed by atoms with Crippen LogP contribution < -0.4 is 0 Å². The zero-order chi connectivity index (χ0) is 25.7. The Morgan fingerprint density at radius 1 is 1.03 bits per heavy atom. The molecule has 0 bridgehead atoms. The highest BCUT2D eigenvalue weighted by atomic mass is 16.6. The molecule has 2 rings (SSSR count). The van der Waals surface area contributed by atoms with Gasteiger partial charge in [-0.1, -0.05) is 67.5 Å². The first-order valence-corrected chi connectivity index (χ1v) is 11.3. The molecule has 1 aliphatic rings. The van der Waals surface area contributed by atoms with Gasteiger partial charge in [0.15, 0.2) is 0 Å². The van der Waals surface area contributed by atoms with Gasteiger partial charge in [0.05, 0.1) is 0 Å². The molecule has 0 fully saturated rings. The van der Waals surface area contributed by atoms with Gasteiger partial charge in [-0.2, -0.15) is 0 Å². The summed E-state index contributed by atoms with van der Waals surface area (Å²) in [5.41, 5.74) is 5.46. The number of phenolic OH excluding ortho intramolecular Hbond substituents is 1. The molecule has 182 valence electrons. The molecule has 0 radical (unpaired) electrons. The zero-order valence-corrected chi connectivity index (χ0v) is 21.1. The number of esters is 2. The number of phenols is 1. The largest absolute Gasteiger partial charge is 0.507 e. The van der Waals surface area contributed by atoms with E-state index in [1.165, 1.54) is 48.1 Å². The summed E-state index contributed by atoms with van der Waals surface area (Å²) in [6.07, 6.45) is 16.6. The van der Waals surface area contributed by atoms with Crippen LogP contribution in [0.15, 0.2) is 83.0 Å². The minimum Gasteiger partial charge on any atom is -0.507 e. The van der Waals surface area contributed by atoms with E-state index in [9.17, 15) is 19.5 Å². The lowest BCUT2D eigenvalue weighted by Crippen LogP contribution is -2.19. The van der Waals surface area contributed by atoms with E-state index in [1.54, 1.807) is 18.2 Å². The standard InChI is InChI=1S/C20H28O.C9H8O4/c1-16(8-6-9-17(2)13-15-21)11-12-19-18(3)10-7-14-20(19,4)5;1-6(10)13-9(12)7-4-2-3-5-8(7)11/h6,8-9,11-13,15H,7,10,14H2,1-5H3;2-5,11H,1H3. The van der Waals surface area contributed by atoms with Gasteiger partial charge >= 0.3 is 11.9 Å². The van der Waals surface area contributed by atoms with E-state index in [0.29, 0.717) is 0 Å². The Labute approximate surface area is 203 Å². The lowest BCUT2D eigenvalue weighted by atomic mass is 9.72. The lowest BCUT2D eigenvalue weighted by molar-refractivity contribution is -0.135. The highest BCUT2D eigenvalue weighted by Crippen LogP contribution is 2.40. The fourth-order valence-electron chi connectivity index (χ4n) is 3.63. The van der Waals surface area contributed by atoms with Gasteiger partial charge in [0.2, 0.25) is 0 Å². The summed E-state index contributed by atoms with van der Waals surface area (Å²) in [5, 5.41) is 9.18. The number of carbonyl (C=O) groups is 3. The van der Waals surface area contributed by atoms with Crippen LogP contribution in [0.5, 0.6) is 5.75 Å². The molecule has 0 saturated carbocycles. The van der Waals surface area contributed by atoms with Crippen LogP contribution in [-0.4, -0.2) is 23.3 Å². The molecule has 5 nitrogen and oxygen atoms in total. The monoisotopic (exact) mass is 464 g/mol. The van der Waals surface area contributed by atoms with Gasteiger partial charge in [-0.25, -0.2) is 4.79 Å². The number of hydrogen-bond donors (Lipinski definition) is 1. The number of allylic oxidation sites excluding steroid dienone is 10. The summed E-state index contributed by atoms with van der Waals surface area (Å²) in [6.45, 7) is 12.1. The maximum absolute atomic E-state index is 11.1. The maximum atomic E-state index is 11.1. The minimum absolute atomic E-state index is 0.0160. The number of rotatable bonds is 6. The zero-order valence-electron chi connectivity index (χ0n) is 21.1. The van der Waals surface area contributed by atoms with Crippen LogP contribution in [0.4, 0.5) is 0 Å². The van der Waals surface area contributed by atoms with E-state index >= 15 is 0 Å². The second kappa shape index (κ2) is 13.9. The Morgan fingerprint density at radius 2 is 1.68 bits per heavy atom. The number of aromatic hydroxyl groups is 1. The van der Waals surface area contributed by atoms with E-state index < -0.39 is 11.9 Å². The van der Waals surface area contributed by atoms with Crippen LogP contribution in [0.1, 0.15) is 71.2 Å². The molecule has 0 unspecified atom stereocenters. The van der Waals surface area contributed by atoms with Crippen LogP contribution in [-0.2, 0) is 14.3 Å². The molecular weight excluding hydrogens is 428 g/mol. The van der Waals surface area contributed by atoms with Crippen LogP contribution in [0.3, 0.4) is 0 Å². The van der Waals surface area contributed by atoms with Gasteiger partial charge < -0.3 is 9.84 Å². The first kappa shape index (κ1) is 28.6. The predicted octanol–water partition coefficient (Wildman–Crippen LogP) is 6.81. The lowest BCUT2D eigenvalue weighted by Gasteiger charge is -2.32. The average Bonchev–Trinajstić information content (AvgIpc) is 2.73. The molecule has 1 aliphatic carbocycles. The Kier molecular flexibility index (Phi) is 11.7. The van der Waals surface area contributed by atoms with Crippen molar-refractivity contribution in [3.8, 4) is 5.75 Å². The summed E-state index contributed by atoms with van der Waals surface area (Å²) in [5.74, 6) is -1.74. The quantitative estimate of drug-likeness (QED) is 0.164. The summed E-state index contributed by atoms with van der Waals surface area (Å²) in [6, 6.07) is 5.85. The summed E-state index contributed by atoms with van der Waals surface area (Å²) < 4.78 is 4.28. The Bertz CT molecular complexity index is 1030.